The van der Waals surface area contributed by atoms with Gasteiger partial charge in [-0.25, -0.2) is 4.79 Å². The lowest BCUT2D eigenvalue weighted by Crippen LogP contribution is -2.19. The Kier molecular flexibility index (Phi) is 4.79. The molecule has 0 radical (unpaired) electrons. The topological polar surface area (TPSA) is 62.5 Å². The van der Waals surface area contributed by atoms with Gasteiger partial charge in [0.25, 0.3) is 0 Å². The molecule has 0 saturated heterocycles. The lowest BCUT2D eigenvalue weighted by atomic mass is 10.2. The quantitative estimate of drug-likeness (QED) is 0.727. The number of hydrogen-bond acceptors (Lipinski definition) is 3. The molecular formula is C12H17NO3. The second-order valence-corrected chi connectivity index (χ2v) is 3.53. The zero-order chi connectivity index (χ0) is 12.0. The highest BCUT2D eigenvalue weighted by molar-refractivity contribution is 5.86. The van der Waals surface area contributed by atoms with Crippen molar-refractivity contribution in [3.8, 4) is 0 Å². The number of carbonyl (C=O) groups is 1. The van der Waals surface area contributed by atoms with Crippen molar-refractivity contribution in [3.05, 3.63) is 35.8 Å². The van der Waals surface area contributed by atoms with Gasteiger partial charge in [-0.05, 0) is 25.5 Å². The molecule has 0 saturated carbocycles. The van der Waals surface area contributed by atoms with Crippen LogP contribution >= 0.6 is 0 Å². The Balaban J connectivity index is 2.43. The molecular weight excluding hydrogens is 206 g/mol. The van der Waals surface area contributed by atoms with Gasteiger partial charge in [0.05, 0.1) is 12.3 Å². The minimum atomic E-state index is -0.852. The molecule has 0 aliphatic carbocycles. The van der Waals surface area contributed by atoms with E-state index in [9.17, 15) is 4.79 Å². The first kappa shape index (κ1) is 12.5. The van der Waals surface area contributed by atoms with Gasteiger partial charge in [-0.1, -0.05) is 13.0 Å². The van der Waals surface area contributed by atoms with Crippen molar-refractivity contribution in [3.63, 3.8) is 0 Å². The molecule has 0 aliphatic heterocycles. The minimum absolute atomic E-state index is 0.0816. The standard InChI is InChI=1S/C12H17NO3/c1-3-10(12(14)15)6-7-13-9(2)11-5-4-8-16-11/h4-6,8-9,13H,3,7H2,1-2H3,(H,14,15)/b10-6-/t9-/m0/s1. The van der Waals surface area contributed by atoms with Crippen molar-refractivity contribution in [2.75, 3.05) is 6.54 Å². The molecule has 16 heavy (non-hydrogen) atoms. The number of hydrogen-bond donors (Lipinski definition) is 2. The lowest BCUT2D eigenvalue weighted by Gasteiger charge is -2.09. The second kappa shape index (κ2) is 6.12. The van der Waals surface area contributed by atoms with Gasteiger partial charge in [-0.15, -0.1) is 0 Å². The van der Waals surface area contributed by atoms with Gasteiger partial charge in [0, 0.05) is 12.1 Å². The highest BCUT2D eigenvalue weighted by Gasteiger charge is 2.07. The van der Waals surface area contributed by atoms with E-state index < -0.39 is 5.97 Å². The van der Waals surface area contributed by atoms with Crippen LogP contribution in [-0.2, 0) is 4.79 Å². The third-order valence-electron chi connectivity index (χ3n) is 2.40. The fourth-order valence-corrected chi connectivity index (χ4v) is 1.38. The molecule has 4 nitrogen and oxygen atoms in total. The number of aliphatic carboxylic acids is 1. The van der Waals surface area contributed by atoms with Gasteiger partial charge in [0.1, 0.15) is 5.76 Å². The molecule has 1 atom stereocenters. The van der Waals surface area contributed by atoms with E-state index in [1.54, 1.807) is 12.3 Å². The van der Waals surface area contributed by atoms with E-state index in [1.165, 1.54) is 0 Å². The summed E-state index contributed by atoms with van der Waals surface area (Å²) in [6, 6.07) is 3.80. The summed E-state index contributed by atoms with van der Waals surface area (Å²) >= 11 is 0. The number of nitrogens with one attached hydrogen (secondary N) is 1. The summed E-state index contributed by atoms with van der Waals surface area (Å²) in [6.45, 7) is 4.33. The maximum atomic E-state index is 10.7. The average molecular weight is 223 g/mol. The Bertz CT molecular complexity index is 354. The summed E-state index contributed by atoms with van der Waals surface area (Å²) in [5.41, 5.74) is 0.430. The normalized spacial score (nSPS) is 13.8. The Hall–Kier alpha value is -1.55. The fourth-order valence-electron chi connectivity index (χ4n) is 1.38. The van der Waals surface area contributed by atoms with E-state index in [1.807, 2.05) is 26.0 Å². The van der Waals surface area contributed by atoms with E-state index in [4.69, 9.17) is 9.52 Å². The van der Waals surface area contributed by atoms with Gasteiger partial charge >= 0.3 is 5.97 Å². The highest BCUT2D eigenvalue weighted by Crippen LogP contribution is 2.11. The van der Waals surface area contributed by atoms with Crippen molar-refractivity contribution < 1.29 is 14.3 Å². The van der Waals surface area contributed by atoms with E-state index >= 15 is 0 Å². The van der Waals surface area contributed by atoms with Crippen molar-refractivity contribution >= 4 is 5.97 Å². The van der Waals surface area contributed by atoms with Crippen LogP contribution in [0.4, 0.5) is 0 Å². The maximum absolute atomic E-state index is 10.7. The third kappa shape index (κ3) is 3.55. The van der Waals surface area contributed by atoms with Crippen LogP contribution in [-0.4, -0.2) is 17.6 Å². The van der Waals surface area contributed by atoms with E-state index in [-0.39, 0.29) is 6.04 Å². The Morgan fingerprint density at radius 3 is 2.94 bits per heavy atom. The summed E-state index contributed by atoms with van der Waals surface area (Å²) in [7, 11) is 0. The zero-order valence-corrected chi connectivity index (χ0v) is 9.56. The number of rotatable bonds is 6. The molecule has 4 heteroatoms. The maximum Gasteiger partial charge on any atom is 0.331 e. The predicted octanol–water partition coefficient (Wildman–Crippen LogP) is 2.35. The first-order valence-electron chi connectivity index (χ1n) is 5.34. The molecule has 2 N–H and O–H groups in total. The van der Waals surface area contributed by atoms with Crippen LogP contribution in [0, 0.1) is 0 Å². The first-order valence-corrected chi connectivity index (χ1v) is 5.34. The smallest absolute Gasteiger partial charge is 0.331 e. The van der Waals surface area contributed by atoms with Gasteiger partial charge in [0.2, 0.25) is 0 Å². The van der Waals surface area contributed by atoms with Crippen LogP contribution in [0.2, 0.25) is 0 Å². The minimum Gasteiger partial charge on any atom is -0.478 e. The molecule has 1 heterocycles. The fraction of sp³-hybridized carbons (Fsp3) is 0.417. The summed E-state index contributed by atoms with van der Waals surface area (Å²) in [5, 5.41) is 12.0. The second-order valence-electron chi connectivity index (χ2n) is 3.53. The monoisotopic (exact) mass is 223 g/mol. The van der Waals surface area contributed by atoms with E-state index in [0.717, 1.165) is 5.76 Å². The van der Waals surface area contributed by atoms with Crippen LogP contribution < -0.4 is 5.32 Å². The Morgan fingerprint density at radius 1 is 1.69 bits per heavy atom. The SMILES string of the molecule is CC/C(=C/CN[C@@H](C)c1ccco1)C(=O)O. The molecule has 1 aromatic heterocycles. The Morgan fingerprint density at radius 2 is 2.44 bits per heavy atom. The molecule has 0 aromatic carbocycles. The van der Waals surface area contributed by atoms with Crippen molar-refractivity contribution in [1.29, 1.82) is 0 Å². The van der Waals surface area contributed by atoms with Crippen LogP contribution in [0.5, 0.6) is 0 Å². The molecule has 0 bridgehead atoms. The molecule has 0 fully saturated rings. The number of carboxylic acids is 1. The van der Waals surface area contributed by atoms with Crippen LogP contribution in [0.3, 0.4) is 0 Å². The van der Waals surface area contributed by atoms with Crippen molar-refractivity contribution in [2.45, 2.75) is 26.3 Å². The highest BCUT2D eigenvalue weighted by atomic mass is 16.4. The van der Waals surface area contributed by atoms with Gasteiger partial charge in [-0.3, -0.25) is 0 Å². The third-order valence-corrected chi connectivity index (χ3v) is 2.40. The van der Waals surface area contributed by atoms with Gasteiger partial charge < -0.3 is 14.8 Å². The van der Waals surface area contributed by atoms with E-state index in [0.29, 0.717) is 18.5 Å². The molecule has 0 amide bonds. The first-order chi connectivity index (χ1) is 7.65. The summed E-state index contributed by atoms with van der Waals surface area (Å²) in [4.78, 5) is 10.7. The molecule has 1 rings (SSSR count). The van der Waals surface area contributed by atoms with Gasteiger partial charge in [0.15, 0.2) is 0 Å². The van der Waals surface area contributed by atoms with Crippen LogP contribution in [0.15, 0.2) is 34.5 Å². The van der Waals surface area contributed by atoms with Gasteiger partial charge in [-0.2, -0.15) is 0 Å². The molecule has 0 unspecified atom stereocenters. The van der Waals surface area contributed by atoms with Crippen molar-refractivity contribution in [1.82, 2.24) is 5.32 Å². The molecule has 0 spiro atoms. The summed E-state index contributed by atoms with van der Waals surface area (Å²) in [5.74, 6) is -0.00303. The molecule has 0 aliphatic rings. The summed E-state index contributed by atoms with van der Waals surface area (Å²) in [6.07, 6.45) is 3.85. The van der Waals surface area contributed by atoms with Crippen molar-refractivity contribution in [2.24, 2.45) is 0 Å². The zero-order valence-electron chi connectivity index (χ0n) is 9.56. The average Bonchev–Trinajstić information content (AvgIpc) is 2.76. The number of carboxylic acid groups (broad SMARTS) is 1. The summed E-state index contributed by atoms with van der Waals surface area (Å²) < 4.78 is 5.23. The van der Waals surface area contributed by atoms with Crippen LogP contribution in [0.1, 0.15) is 32.1 Å². The molecule has 88 valence electrons. The Labute approximate surface area is 95.0 Å². The van der Waals surface area contributed by atoms with E-state index in [2.05, 4.69) is 5.32 Å². The largest absolute Gasteiger partial charge is 0.478 e. The lowest BCUT2D eigenvalue weighted by molar-refractivity contribution is -0.132. The predicted molar refractivity (Wildman–Crippen MR) is 61.1 cm³/mol. The molecule has 1 aromatic rings. The van der Waals surface area contributed by atoms with Crippen LogP contribution in [0.25, 0.3) is 0 Å². The number of furan rings is 1.